The van der Waals surface area contributed by atoms with Crippen molar-refractivity contribution in [3.8, 4) is 0 Å². The van der Waals surface area contributed by atoms with Crippen LogP contribution in [0.1, 0.15) is 226 Å². The maximum Gasteiger partial charge on any atom is 0.326 e. The molecule has 59 heavy (non-hydrogen) atoms. The third kappa shape index (κ3) is 35.3. The quantitative estimate of drug-likeness (QED) is 0.0254. The topological polar surface area (TPSA) is 208 Å². The molecule has 0 saturated carbocycles. The van der Waals surface area contributed by atoms with Gasteiger partial charge >= 0.3 is 17.9 Å². The lowest BCUT2D eigenvalue weighted by Crippen LogP contribution is -2.56. The zero-order chi connectivity index (χ0) is 43.9. The second-order valence-corrected chi connectivity index (χ2v) is 16.6. The molecular weight excluding hydrogens is 755 g/mol. The first-order valence-corrected chi connectivity index (χ1v) is 23.6. The minimum Gasteiger partial charge on any atom is -0.481 e. The van der Waals surface area contributed by atoms with E-state index in [4.69, 9.17) is 9.84 Å². The van der Waals surface area contributed by atoms with Gasteiger partial charge < -0.3 is 36.0 Å². The molecule has 0 bridgehead atoms. The number of carbonyl (C=O) groups is 6. The van der Waals surface area contributed by atoms with Crippen molar-refractivity contribution in [1.82, 2.24) is 16.0 Å². The number of unbranched alkanes of at least 4 members (excludes halogenated alkanes) is 24. The number of ether oxygens (including phenoxy) is 1. The van der Waals surface area contributed by atoms with Crippen LogP contribution < -0.4 is 16.0 Å². The summed E-state index contributed by atoms with van der Waals surface area (Å²) < 4.78 is 5.82. The second kappa shape index (κ2) is 38.9. The number of amides is 3. The molecule has 0 fully saturated rings. The predicted octanol–water partition coefficient (Wildman–Crippen LogP) is 9.06. The van der Waals surface area contributed by atoms with Gasteiger partial charge in [0, 0.05) is 25.8 Å². The van der Waals surface area contributed by atoms with E-state index in [0.717, 1.165) is 38.5 Å². The highest BCUT2D eigenvalue weighted by molar-refractivity contribution is 5.91. The van der Waals surface area contributed by atoms with Gasteiger partial charge in [-0.05, 0) is 32.6 Å². The van der Waals surface area contributed by atoms with Gasteiger partial charge in [-0.2, -0.15) is 0 Å². The van der Waals surface area contributed by atoms with E-state index in [1.54, 1.807) is 0 Å². The molecule has 6 N–H and O–H groups in total. The highest BCUT2D eigenvalue weighted by atomic mass is 16.5. The molecule has 0 spiro atoms. The molecule has 0 rings (SSSR count). The van der Waals surface area contributed by atoms with E-state index in [9.17, 15) is 39.0 Å². The fourth-order valence-corrected chi connectivity index (χ4v) is 7.16. The van der Waals surface area contributed by atoms with Crippen LogP contribution in [0.25, 0.3) is 0 Å². The Kier molecular flexibility index (Phi) is 36.8. The molecule has 3 amide bonds. The Bertz CT molecular complexity index is 1120. The highest BCUT2D eigenvalue weighted by Gasteiger charge is 2.30. The molecular formula is C46H85N3O10. The summed E-state index contributed by atoms with van der Waals surface area (Å²) in [5.74, 6) is -5.00. The van der Waals surface area contributed by atoms with Crippen molar-refractivity contribution in [2.75, 3.05) is 6.54 Å². The first kappa shape index (κ1) is 55.8. The Labute approximate surface area is 356 Å². The molecule has 0 radical (unpaired) electrons. The lowest BCUT2D eigenvalue weighted by molar-refractivity contribution is -0.151. The molecule has 0 aliphatic carbocycles. The number of carboxylic acid groups (broad SMARTS) is 2. The number of esters is 1. The van der Waals surface area contributed by atoms with Crippen LogP contribution in [-0.4, -0.2) is 81.8 Å². The van der Waals surface area contributed by atoms with Crippen molar-refractivity contribution in [2.45, 2.75) is 251 Å². The van der Waals surface area contributed by atoms with Gasteiger partial charge in [-0.25, -0.2) is 4.79 Å². The lowest BCUT2D eigenvalue weighted by atomic mass is 10.0. The highest BCUT2D eigenvalue weighted by Crippen LogP contribution is 2.17. The van der Waals surface area contributed by atoms with E-state index in [0.29, 0.717) is 12.8 Å². The fraction of sp³-hybridized carbons (Fsp3) is 0.870. The number of hydrogen-bond acceptors (Lipinski definition) is 8. The van der Waals surface area contributed by atoms with Crippen LogP contribution >= 0.6 is 0 Å². The molecule has 0 aliphatic heterocycles. The van der Waals surface area contributed by atoms with Crippen molar-refractivity contribution >= 4 is 35.6 Å². The maximum atomic E-state index is 12.9. The number of hydrogen-bond donors (Lipinski definition) is 6. The second-order valence-electron chi connectivity index (χ2n) is 16.6. The Morgan fingerprint density at radius 3 is 1.39 bits per heavy atom. The summed E-state index contributed by atoms with van der Waals surface area (Å²) >= 11 is 0. The van der Waals surface area contributed by atoms with E-state index in [1.165, 1.54) is 135 Å². The minimum atomic E-state index is -1.52. The van der Waals surface area contributed by atoms with Crippen molar-refractivity contribution in [3.63, 3.8) is 0 Å². The Hall–Kier alpha value is -3.22. The molecule has 0 aromatic heterocycles. The molecule has 13 heteroatoms. The number of nitrogens with one attached hydrogen (secondary N) is 3. The number of carbonyl (C=O) groups excluding carboxylic acids is 4. The van der Waals surface area contributed by atoms with Gasteiger partial charge in [0.15, 0.2) is 0 Å². The van der Waals surface area contributed by atoms with Crippen LogP contribution in [0.3, 0.4) is 0 Å². The van der Waals surface area contributed by atoms with Crippen LogP contribution in [0, 0.1) is 0 Å². The largest absolute Gasteiger partial charge is 0.481 e. The van der Waals surface area contributed by atoms with Gasteiger partial charge in [0.2, 0.25) is 17.7 Å². The molecule has 0 aromatic carbocycles. The average molecular weight is 840 g/mol. The summed E-state index contributed by atoms with van der Waals surface area (Å²) in [6.45, 7) is 5.65. The average Bonchev–Trinajstić information content (AvgIpc) is 3.18. The standard InChI is InChI=1S/C46H85N3O10/c1-4-6-8-10-12-14-16-18-20-22-24-26-28-30-38(59-43(55)31-29-27-25-23-21-19-17-15-13-11-9-7-5-2)36-41(52)47-35-34-40(51)49-44(37(3)50)45(56)48-39(46(57)58)32-33-42(53)54/h37-39,44,50H,4-36H2,1-3H3,(H,47,52)(H,48,56)(H,49,51)(H,53,54)(H,57,58)/t37-,38?,39+,44+/m1/s1. The predicted molar refractivity (Wildman–Crippen MR) is 233 cm³/mol. The summed E-state index contributed by atoms with van der Waals surface area (Å²) in [7, 11) is 0. The molecule has 4 atom stereocenters. The molecule has 0 saturated heterocycles. The maximum absolute atomic E-state index is 12.9. The number of carboxylic acids is 2. The number of aliphatic hydroxyl groups is 1. The van der Waals surface area contributed by atoms with Gasteiger partial charge in [0.1, 0.15) is 18.2 Å². The summed E-state index contributed by atoms with van der Waals surface area (Å²) in [6.07, 6.45) is 29.4. The smallest absolute Gasteiger partial charge is 0.326 e. The first-order valence-electron chi connectivity index (χ1n) is 23.6. The van der Waals surface area contributed by atoms with E-state index in [-0.39, 0.29) is 37.7 Å². The summed E-state index contributed by atoms with van der Waals surface area (Å²) in [6, 6.07) is -3.02. The van der Waals surface area contributed by atoms with E-state index in [2.05, 4.69) is 29.8 Å². The molecule has 1 unspecified atom stereocenters. The Morgan fingerprint density at radius 2 is 0.966 bits per heavy atom. The van der Waals surface area contributed by atoms with Crippen LogP contribution in [0.5, 0.6) is 0 Å². The van der Waals surface area contributed by atoms with Gasteiger partial charge in [-0.3, -0.25) is 24.0 Å². The van der Waals surface area contributed by atoms with Gasteiger partial charge in [-0.1, -0.05) is 168 Å². The number of aliphatic carboxylic acids is 2. The monoisotopic (exact) mass is 840 g/mol. The number of aliphatic hydroxyl groups excluding tert-OH is 1. The van der Waals surface area contributed by atoms with E-state index in [1.807, 2.05) is 0 Å². The van der Waals surface area contributed by atoms with Crippen LogP contribution in [-0.2, 0) is 33.5 Å². The van der Waals surface area contributed by atoms with Crippen molar-refractivity contribution < 1.29 is 48.8 Å². The van der Waals surface area contributed by atoms with Crippen molar-refractivity contribution in [2.24, 2.45) is 0 Å². The lowest BCUT2D eigenvalue weighted by Gasteiger charge is -2.23. The Morgan fingerprint density at radius 1 is 0.525 bits per heavy atom. The normalized spacial score (nSPS) is 13.2. The first-order chi connectivity index (χ1) is 28.4. The zero-order valence-electron chi connectivity index (χ0n) is 37.3. The number of rotatable bonds is 42. The molecule has 0 heterocycles. The molecule has 0 aromatic rings. The Balaban J connectivity index is 4.80. The van der Waals surface area contributed by atoms with Crippen molar-refractivity contribution in [1.29, 1.82) is 0 Å². The summed E-state index contributed by atoms with van der Waals surface area (Å²) in [5, 5.41) is 35.5. The summed E-state index contributed by atoms with van der Waals surface area (Å²) in [5.41, 5.74) is 0. The van der Waals surface area contributed by atoms with Crippen molar-refractivity contribution in [3.05, 3.63) is 0 Å². The van der Waals surface area contributed by atoms with Crippen LogP contribution in [0.15, 0.2) is 0 Å². The van der Waals surface area contributed by atoms with Gasteiger partial charge in [0.05, 0.1) is 12.5 Å². The van der Waals surface area contributed by atoms with Gasteiger partial charge in [0.25, 0.3) is 0 Å². The molecule has 0 aliphatic rings. The fourth-order valence-electron chi connectivity index (χ4n) is 7.16. The zero-order valence-corrected chi connectivity index (χ0v) is 37.3. The third-order valence-corrected chi connectivity index (χ3v) is 10.8. The van der Waals surface area contributed by atoms with E-state index < -0.39 is 54.5 Å². The SMILES string of the molecule is CCCCCCCCCCCCCCCC(=O)OC(CCCCCCCCCCCCCCC)CC(=O)NCCC(=O)N[C@H](C(=O)N[C@@H](CCC(=O)O)C(=O)O)[C@@H](C)O. The minimum absolute atomic E-state index is 0.0319. The third-order valence-electron chi connectivity index (χ3n) is 10.8. The van der Waals surface area contributed by atoms with E-state index >= 15 is 0 Å². The van der Waals surface area contributed by atoms with Crippen LogP contribution in [0.2, 0.25) is 0 Å². The summed E-state index contributed by atoms with van der Waals surface area (Å²) in [4.78, 5) is 73.4. The molecule has 344 valence electrons. The van der Waals surface area contributed by atoms with Gasteiger partial charge in [-0.15, -0.1) is 0 Å². The molecule has 13 nitrogen and oxygen atoms in total. The van der Waals surface area contributed by atoms with Crippen LogP contribution in [0.4, 0.5) is 0 Å².